The SMILES string of the molecule is COc1ccc(/C=C/CC(=O)N2CCOCC2)cc1. The highest BCUT2D eigenvalue weighted by molar-refractivity contribution is 5.78. The number of amides is 1. The molecule has 1 aliphatic heterocycles. The smallest absolute Gasteiger partial charge is 0.226 e. The molecule has 2 rings (SSSR count). The number of rotatable bonds is 4. The van der Waals surface area contributed by atoms with Crippen LogP contribution in [-0.2, 0) is 9.53 Å². The van der Waals surface area contributed by atoms with Crippen molar-refractivity contribution in [3.8, 4) is 5.75 Å². The van der Waals surface area contributed by atoms with E-state index in [-0.39, 0.29) is 5.91 Å². The van der Waals surface area contributed by atoms with Crippen LogP contribution < -0.4 is 4.74 Å². The number of nitrogens with zero attached hydrogens (tertiary/aromatic N) is 1. The van der Waals surface area contributed by atoms with Crippen molar-refractivity contribution >= 4 is 12.0 Å². The standard InChI is InChI=1S/C15H19NO3/c1-18-14-7-5-13(6-8-14)3-2-4-15(17)16-9-11-19-12-10-16/h2-3,5-8H,4,9-12H2,1H3/b3-2+. The number of morpholine rings is 1. The molecule has 0 spiro atoms. The van der Waals surface area contributed by atoms with Crippen molar-refractivity contribution in [3.05, 3.63) is 35.9 Å². The maximum atomic E-state index is 11.9. The molecule has 4 nitrogen and oxygen atoms in total. The van der Waals surface area contributed by atoms with Crippen molar-refractivity contribution in [3.63, 3.8) is 0 Å². The summed E-state index contributed by atoms with van der Waals surface area (Å²) >= 11 is 0. The van der Waals surface area contributed by atoms with Gasteiger partial charge in [-0.1, -0.05) is 24.3 Å². The van der Waals surface area contributed by atoms with E-state index in [9.17, 15) is 4.79 Å². The highest BCUT2D eigenvalue weighted by Crippen LogP contribution is 2.12. The molecule has 1 aromatic rings. The number of ether oxygens (including phenoxy) is 2. The number of methoxy groups -OCH3 is 1. The van der Waals surface area contributed by atoms with Gasteiger partial charge in [-0.2, -0.15) is 0 Å². The van der Waals surface area contributed by atoms with E-state index in [0.29, 0.717) is 32.7 Å². The second kappa shape index (κ2) is 6.95. The second-order valence-corrected chi connectivity index (χ2v) is 4.37. The molecule has 0 unspecified atom stereocenters. The third-order valence-electron chi connectivity index (χ3n) is 3.08. The lowest BCUT2D eigenvalue weighted by molar-refractivity contribution is -0.134. The monoisotopic (exact) mass is 261 g/mol. The maximum Gasteiger partial charge on any atom is 0.226 e. The third kappa shape index (κ3) is 4.10. The first-order valence-electron chi connectivity index (χ1n) is 6.46. The summed E-state index contributed by atoms with van der Waals surface area (Å²) < 4.78 is 10.3. The Morgan fingerprint density at radius 1 is 1.32 bits per heavy atom. The number of benzene rings is 1. The number of hydrogen-bond acceptors (Lipinski definition) is 3. The predicted molar refractivity (Wildman–Crippen MR) is 74.0 cm³/mol. The lowest BCUT2D eigenvalue weighted by atomic mass is 10.2. The fraction of sp³-hybridized carbons (Fsp3) is 0.400. The molecule has 0 atom stereocenters. The van der Waals surface area contributed by atoms with Crippen LogP contribution in [0.5, 0.6) is 5.75 Å². The lowest BCUT2D eigenvalue weighted by Crippen LogP contribution is -2.40. The van der Waals surface area contributed by atoms with Gasteiger partial charge in [0.1, 0.15) is 5.75 Å². The van der Waals surface area contributed by atoms with Crippen LogP contribution in [0.15, 0.2) is 30.3 Å². The molecule has 1 aromatic carbocycles. The molecule has 1 saturated heterocycles. The summed E-state index contributed by atoms with van der Waals surface area (Å²) in [5.74, 6) is 0.995. The average Bonchev–Trinajstić information content (AvgIpc) is 2.49. The topological polar surface area (TPSA) is 38.8 Å². The van der Waals surface area contributed by atoms with Crippen molar-refractivity contribution < 1.29 is 14.3 Å². The summed E-state index contributed by atoms with van der Waals surface area (Å²) in [6.07, 6.45) is 4.30. The molecule has 0 radical (unpaired) electrons. The summed E-state index contributed by atoms with van der Waals surface area (Å²) in [6.45, 7) is 2.70. The summed E-state index contributed by atoms with van der Waals surface area (Å²) in [5.41, 5.74) is 1.07. The molecule has 0 aliphatic carbocycles. The van der Waals surface area contributed by atoms with E-state index in [2.05, 4.69) is 0 Å². The zero-order chi connectivity index (χ0) is 13.5. The van der Waals surface area contributed by atoms with Gasteiger partial charge in [-0.05, 0) is 17.7 Å². The number of hydrogen-bond donors (Lipinski definition) is 0. The van der Waals surface area contributed by atoms with Crippen LogP contribution in [0.4, 0.5) is 0 Å². The van der Waals surface area contributed by atoms with Crippen LogP contribution in [0.1, 0.15) is 12.0 Å². The molecule has 0 aromatic heterocycles. The molecule has 1 aliphatic rings. The highest BCUT2D eigenvalue weighted by Gasteiger charge is 2.14. The van der Waals surface area contributed by atoms with Crippen LogP contribution in [0.25, 0.3) is 6.08 Å². The Hall–Kier alpha value is -1.81. The van der Waals surface area contributed by atoms with E-state index < -0.39 is 0 Å². The minimum atomic E-state index is 0.160. The van der Waals surface area contributed by atoms with E-state index >= 15 is 0 Å². The molecule has 0 N–H and O–H groups in total. The molecule has 0 bridgehead atoms. The minimum Gasteiger partial charge on any atom is -0.497 e. The molecule has 1 amide bonds. The zero-order valence-electron chi connectivity index (χ0n) is 11.2. The summed E-state index contributed by atoms with van der Waals surface area (Å²) in [7, 11) is 1.64. The van der Waals surface area contributed by atoms with Gasteiger partial charge in [0.15, 0.2) is 0 Å². The molecule has 1 fully saturated rings. The van der Waals surface area contributed by atoms with Gasteiger partial charge in [-0.15, -0.1) is 0 Å². The van der Waals surface area contributed by atoms with E-state index in [1.807, 2.05) is 41.3 Å². The first kappa shape index (κ1) is 13.6. The van der Waals surface area contributed by atoms with Crippen molar-refractivity contribution in [2.45, 2.75) is 6.42 Å². The van der Waals surface area contributed by atoms with Gasteiger partial charge in [-0.3, -0.25) is 4.79 Å². The van der Waals surface area contributed by atoms with E-state index in [1.165, 1.54) is 0 Å². The van der Waals surface area contributed by atoms with Crippen LogP contribution in [-0.4, -0.2) is 44.2 Å². The molecule has 102 valence electrons. The van der Waals surface area contributed by atoms with Gasteiger partial charge < -0.3 is 14.4 Å². The predicted octanol–water partition coefficient (Wildman–Crippen LogP) is 1.96. The van der Waals surface area contributed by atoms with Gasteiger partial charge in [0.05, 0.1) is 20.3 Å². The Balaban J connectivity index is 1.83. The first-order chi connectivity index (χ1) is 9.29. The Labute approximate surface area is 113 Å². The van der Waals surface area contributed by atoms with E-state index in [0.717, 1.165) is 11.3 Å². The second-order valence-electron chi connectivity index (χ2n) is 4.37. The molecule has 1 heterocycles. The average molecular weight is 261 g/mol. The normalized spacial score (nSPS) is 15.7. The van der Waals surface area contributed by atoms with Crippen molar-refractivity contribution in [2.75, 3.05) is 33.4 Å². The fourth-order valence-corrected chi connectivity index (χ4v) is 1.95. The van der Waals surface area contributed by atoms with Crippen molar-refractivity contribution in [1.29, 1.82) is 0 Å². The van der Waals surface area contributed by atoms with Crippen molar-refractivity contribution in [1.82, 2.24) is 4.90 Å². The number of carbonyl (C=O) groups excluding carboxylic acids is 1. The van der Waals surface area contributed by atoms with Crippen molar-refractivity contribution in [2.24, 2.45) is 0 Å². The van der Waals surface area contributed by atoms with Gasteiger partial charge in [0.2, 0.25) is 5.91 Å². The number of carbonyl (C=O) groups is 1. The van der Waals surface area contributed by atoms with Gasteiger partial charge in [-0.25, -0.2) is 0 Å². The summed E-state index contributed by atoms with van der Waals surface area (Å²) in [5, 5.41) is 0. The van der Waals surface area contributed by atoms with Gasteiger partial charge in [0, 0.05) is 19.5 Å². The highest BCUT2D eigenvalue weighted by atomic mass is 16.5. The fourth-order valence-electron chi connectivity index (χ4n) is 1.95. The lowest BCUT2D eigenvalue weighted by Gasteiger charge is -2.26. The van der Waals surface area contributed by atoms with Crippen LogP contribution >= 0.6 is 0 Å². The molecule has 0 saturated carbocycles. The molecule has 4 heteroatoms. The van der Waals surface area contributed by atoms with Crippen LogP contribution in [0, 0.1) is 0 Å². The Bertz CT molecular complexity index is 433. The molecule has 19 heavy (non-hydrogen) atoms. The summed E-state index contributed by atoms with van der Waals surface area (Å²) in [4.78, 5) is 13.7. The zero-order valence-corrected chi connectivity index (χ0v) is 11.2. The minimum absolute atomic E-state index is 0.160. The largest absolute Gasteiger partial charge is 0.497 e. The summed E-state index contributed by atoms with van der Waals surface area (Å²) in [6, 6.07) is 7.75. The third-order valence-corrected chi connectivity index (χ3v) is 3.08. The van der Waals surface area contributed by atoms with Crippen LogP contribution in [0.3, 0.4) is 0 Å². The molecular weight excluding hydrogens is 242 g/mol. The Kier molecular flexibility index (Phi) is 4.98. The van der Waals surface area contributed by atoms with Gasteiger partial charge in [0.25, 0.3) is 0 Å². The van der Waals surface area contributed by atoms with E-state index in [4.69, 9.17) is 9.47 Å². The Morgan fingerprint density at radius 2 is 2.00 bits per heavy atom. The van der Waals surface area contributed by atoms with Crippen LogP contribution in [0.2, 0.25) is 0 Å². The maximum absolute atomic E-state index is 11.9. The van der Waals surface area contributed by atoms with E-state index in [1.54, 1.807) is 7.11 Å². The molecular formula is C15H19NO3. The van der Waals surface area contributed by atoms with Gasteiger partial charge >= 0.3 is 0 Å². The first-order valence-corrected chi connectivity index (χ1v) is 6.46. The Morgan fingerprint density at radius 3 is 2.63 bits per heavy atom. The quantitative estimate of drug-likeness (QED) is 0.831.